The Morgan fingerprint density at radius 3 is 2.38 bits per heavy atom. The maximum atomic E-state index is 12.0. The van der Waals surface area contributed by atoms with Gasteiger partial charge in [0.05, 0.1) is 0 Å². The van der Waals surface area contributed by atoms with Crippen molar-refractivity contribution in [2.45, 2.75) is 70.3 Å². The zero-order valence-electron chi connectivity index (χ0n) is 10.1. The highest BCUT2D eigenvalue weighted by molar-refractivity contribution is 5.79. The second-order valence-corrected chi connectivity index (χ2v) is 6.17. The van der Waals surface area contributed by atoms with Crippen molar-refractivity contribution in [3.05, 3.63) is 0 Å². The van der Waals surface area contributed by atoms with Gasteiger partial charge in [0.15, 0.2) is 0 Å². The lowest BCUT2D eigenvalue weighted by Crippen LogP contribution is -2.34. The highest BCUT2D eigenvalue weighted by Crippen LogP contribution is 2.56. The van der Waals surface area contributed by atoms with Crippen molar-refractivity contribution in [1.29, 1.82) is 0 Å². The predicted octanol–water partition coefficient (Wildman–Crippen LogP) is 3.02. The SMILES string of the molecule is O=C(N[C@H]1CC12CCCCC2)C1CCCC1. The molecule has 3 saturated carbocycles. The molecule has 3 fully saturated rings. The van der Waals surface area contributed by atoms with Crippen LogP contribution in [-0.2, 0) is 4.79 Å². The molecule has 0 saturated heterocycles. The van der Waals surface area contributed by atoms with Crippen LogP contribution >= 0.6 is 0 Å². The predicted molar refractivity (Wildman–Crippen MR) is 64.0 cm³/mol. The van der Waals surface area contributed by atoms with Crippen LogP contribution in [-0.4, -0.2) is 11.9 Å². The van der Waals surface area contributed by atoms with Gasteiger partial charge in [-0.05, 0) is 37.5 Å². The van der Waals surface area contributed by atoms with Gasteiger partial charge in [0.1, 0.15) is 0 Å². The minimum absolute atomic E-state index is 0.348. The van der Waals surface area contributed by atoms with Crippen LogP contribution in [0.4, 0.5) is 0 Å². The van der Waals surface area contributed by atoms with Crippen molar-refractivity contribution in [3.63, 3.8) is 0 Å². The Balaban J connectivity index is 1.51. The number of nitrogens with one attached hydrogen (secondary N) is 1. The molecule has 0 heterocycles. The molecule has 0 aromatic carbocycles. The van der Waals surface area contributed by atoms with Gasteiger partial charge >= 0.3 is 0 Å². The fourth-order valence-electron chi connectivity index (χ4n) is 3.84. The van der Waals surface area contributed by atoms with Crippen molar-refractivity contribution >= 4 is 5.91 Å². The summed E-state index contributed by atoms with van der Waals surface area (Å²) < 4.78 is 0. The molecule has 3 aliphatic rings. The molecule has 0 aromatic rings. The van der Waals surface area contributed by atoms with E-state index in [1.165, 1.54) is 51.4 Å². The van der Waals surface area contributed by atoms with Gasteiger partial charge < -0.3 is 5.32 Å². The first-order valence-corrected chi connectivity index (χ1v) is 7.11. The quantitative estimate of drug-likeness (QED) is 0.763. The fraction of sp³-hybridized carbons (Fsp3) is 0.929. The van der Waals surface area contributed by atoms with Crippen molar-refractivity contribution in [3.8, 4) is 0 Å². The maximum absolute atomic E-state index is 12.0. The van der Waals surface area contributed by atoms with E-state index in [0.717, 1.165) is 12.8 Å². The lowest BCUT2D eigenvalue weighted by Gasteiger charge is -2.23. The first-order chi connectivity index (χ1) is 7.80. The molecule has 2 nitrogen and oxygen atoms in total. The minimum Gasteiger partial charge on any atom is -0.353 e. The molecular weight excluding hydrogens is 198 g/mol. The molecule has 0 radical (unpaired) electrons. The van der Waals surface area contributed by atoms with Gasteiger partial charge in [-0.15, -0.1) is 0 Å². The third kappa shape index (κ3) is 1.87. The fourth-order valence-corrected chi connectivity index (χ4v) is 3.84. The number of carbonyl (C=O) groups is 1. The van der Waals surface area contributed by atoms with Crippen molar-refractivity contribution in [2.75, 3.05) is 0 Å². The highest BCUT2D eigenvalue weighted by Gasteiger charge is 2.54. The molecule has 2 heteroatoms. The number of carbonyl (C=O) groups excluding carboxylic acids is 1. The standard InChI is InChI=1S/C14H23NO/c16-13(11-6-2-3-7-11)15-12-10-14(12)8-4-1-5-9-14/h11-12H,1-10H2,(H,15,16)/t12-/m0/s1. The second-order valence-electron chi connectivity index (χ2n) is 6.17. The smallest absolute Gasteiger partial charge is 0.223 e. The molecular formula is C14H23NO. The van der Waals surface area contributed by atoms with Crippen LogP contribution in [0.15, 0.2) is 0 Å². The van der Waals surface area contributed by atoms with Crippen LogP contribution in [0.5, 0.6) is 0 Å². The van der Waals surface area contributed by atoms with E-state index in [9.17, 15) is 4.79 Å². The molecule has 1 amide bonds. The molecule has 3 aliphatic carbocycles. The van der Waals surface area contributed by atoms with Gasteiger partial charge in [0.2, 0.25) is 5.91 Å². The number of rotatable bonds is 2. The van der Waals surface area contributed by atoms with Gasteiger partial charge in [-0.25, -0.2) is 0 Å². The van der Waals surface area contributed by atoms with Crippen LogP contribution in [0.2, 0.25) is 0 Å². The van der Waals surface area contributed by atoms with E-state index in [4.69, 9.17) is 0 Å². The molecule has 0 unspecified atom stereocenters. The summed E-state index contributed by atoms with van der Waals surface area (Å²) in [5, 5.41) is 3.32. The van der Waals surface area contributed by atoms with Crippen molar-refractivity contribution < 1.29 is 4.79 Å². The number of hydrogen-bond acceptors (Lipinski definition) is 1. The third-order valence-corrected chi connectivity index (χ3v) is 5.08. The first-order valence-electron chi connectivity index (χ1n) is 7.11. The maximum Gasteiger partial charge on any atom is 0.223 e. The Kier molecular flexibility index (Phi) is 2.68. The average Bonchev–Trinajstić information content (AvgIpc) is 2.78. The Bertz CT molecular complexity index is 274. The number of hydrogen-bond donors (Lipinski definition) is 1. The molecule has 1 N–H and O–H groups in total. The summed E-state index contributed by atoms with van der Waals surface area (Å²) >= 11 is 0. The monoisotopic (exact) mass is 221 g/mol. The largest absolute Gasteiger partial charge is 0.353 e. The topological polar surface area (TPSA) is 29.1 Å². The van der Waals surface area contributed by atoms with Gasteiger partial charge in [-0.1, -0.05) is 32.1 Å². The van der Waals surface area contributed by atoms with Crippen molar-refractivity contribution in [1.82, 2.24) is 5.32 Å². The van der Waals surface area contributed by atoms with Gasteiger partial charge in [0, 0.05) is 12.0 Å². The normalized spacial score (nSPS) is 32.9. The van der Waals surface area contributed by atoms with E-state index in [0.29, 0.717) is 23.3 Å². The summed E-state index contributed by atoms with van der Waals surface area (Å²) in [6, 6.07) is 0.542. The van der Waals surface area contributed by atoms with Gasteiger partial charge in [-0.2, -0.15) is 0 Å². The Hall–Kier alpha value is -0.530. The Morgan fingerprint density at radius 2 is 1.69 bits per heavy atom. The van der Waals surface area contributed by atoms with E-state index in [-0.39, 0.29) is 0 Å². The molecule has 0 aliphatic heterocycles. The molecule has 0 bridgehead atoms. The van der Waals surface area contributed by atoms with Crippen LogP contribution < -0.4 is 5.32 Å². The lowest BCUT2D eigenvalue weighted by molar-refractivity contribution is -0.125. The average molecular weight is 221 g/mol. The second kappa shape index (κ2) is 4.05. The summed E-state index contributed by atoms with van der Waals surface area (Å²) in [6.07, 6.45) is 13.0. The van der Waals surface area contributed by atoms with E-state index in [2.05, 4.69) is 5.32 Å². The van der Waals surface area contributed by atoms with Crippen LogP contribution in [0.1, 0.15) is 64.2 Å². The van der Waals surface area contributed by atoms with E-state index in [1.807, 2.05) is 0 Å². The third-order valence-electron chi connectivity index (χ3n) is 5.08. The zero-order valence-corrected chi connectivity index (χ0v) is 10.1. The van der Waals surface area contributed by atoms with Crippen LogP contribution in [0.3, 0.4) is 0 Å². The van der Waals surface area contributed by atoms with E-state index >= 15 is 0 Å². The molecule has 1 atom stereocenters. The van der Waals surface area contributed by atoms with Crippen LogP contribution in [0.25, 0.3) is 0 Å². The minimum atomic E-state index is 0.348. The summed E-state index contributed by atoms with van der Waals surface area (Å²) in [6.45, 7) is 0. The molecule has 90 valence electrons. The molecule has 0 aromatic heterocycles. The summed E-state index contributed by atoms with van der Waals surface area (Å²) in [4.78, 5) is 12.0. The molecule has 16 heavy (non-hydrogen) atoms. The highest BCUT2D eigenvalue weighted by atomic mass is 16.2. The molecule has 3 rings (SSSR count). The summed E-state index contributed by atoms with van der Waals surface area (Å²) in [5.41, 5.74) is 0.548. The Labute approximate surface area is 98.2 Å². The summed E-state index contributed by atoms with van der Waals surface area (Å²) in [7, 11) is 0. The van der Waals surface area contributed by atoms with E-state index < -0.39 is 0 Å². The summed E-state index contributed by atoms with van der Waals surface area (Å²) in [5.74, 6) is 0.714. The first kappa shape index (κ1) is 10.6. The van der Waals surface area contributed by atoms with Crippen molar-refractivity contribution in [2.24, 2.45) is 11.3 Å². The lowest BCUT2D eigenvalue weighted by atomic mass is 9.85. The van der Waals surface area contributed by atoms with Crippen LogP contribution in [0, 0.1) is 11.3 Å². The zero-order chi connectivity index (χ0) is 11.0. The Morgan fingerprint density at radius 1 is 1.00 bits per heavy atom. The van der Waals surface area contributed by atoms with Gasteiger partial charge in [-0.3, -0.25) is 4.79 Å². The molecule has 1 spiro atoms. The van der Waals surface area contributed by atoms with Gasteiger partial charge in [0.25, 0.3) is 0 Å². The van der Waals surface area contributed by atoms with E-state index in [1.54, 1.807) is 0 Å². The number of amides is 1.